The summed E-state index contributed by atoms with van der Waals surface area (Å²) in [6, 6.07) is 11.2. The normalized spacial score (nSPS) is 12.6. The van der Waals surface area contributed by atoms with E-state index in [0.29, 0.717) is 6.42 Å². The molecular formula is C18H24N2O2. The van der Waals surface area contributed by atoms with Crippen molar-refractivity contribution in [2.45, 2.75) is 26.3 Å². The minimum atomic E-state index is 0.0513. The van der Waals surface area contributed by atoms with E-state index < -0.39 is 0 Å². The second-order valence-electron chi connectivity index (χ2n) is 5.88. The van der Waals surface area contributed by atoms with Crippen molar-refractivity contribution in [3.63, 3.8) is 0 Å². The van der Waals surface area contributed by atoms with Crippen LogP contribution in [0.15, 0.2) is 36.4 Å². The van der Waals surface area contributed by atoms with Gasteiger partial charge in [0.2, 0.25) is 5.91 Å². The fourth-order valence-electron chi connectivity index (χ4n) is 2.88. The number of nitrogens with zero attached hydrogens (tertiary/aromatic N) is 2. The first-order valence-corrected chi connectivity index (χ1v) is 7.63. The number of hydrogen-bond acceptors (Lipinski definition) is 3. The molecule has 4 nitrogen and oxygen atoms in total. The molecule has 0 heterocycles. The fourth-order valence-corrected chi connectivity index (χ4v) is 2.88. The van der Waals surface area contributed by atoms with E-state index in [4.69, 9.17) is 0 Å². The first-order chi connectivity index (χ1) is 10.5. The average molecular weight is 300 g/mol. The van der Waals surface area contributed by atoms with Gasteiger partial charge in [0.15, 0.2) is 0 Å². The third-order valence-electron chi connectivity index (χ3n) is 3.78. The van der Waals surface area contributed by atoms with Crippen molar-refractivity contribution in [3.05, 3.63) is 36.4 Å². The van der Waals surface area contributed by atoms with E-state index >= 15 is 0 Å². The molecule has 1 N–H and O–H groups in total. The molecule has 0 saturated heterocycles. The summed E-state index contributed by atoms with van der Waals surface area (Å²) in [6.45, 7) is 4.70. The van der Waals surface area contributed by atoms with Crippen LogP contribution in [0.4, 0.5) is 5.69 Å². The number of hydrogen-bond donors (Lipinski definition) is 1. The molecule has 118 valence electrons. The van der Waals surface area contributed by atoms with Crippen LogP contribution in [0.1, 0.15) is 20.3 Å². The topological polar surface area (TPSA) is 43.8 Å². The summed E-state index contributed by atoms with van der Waals surface area (Å²) in [5.41, 5.74) is 0.856. The van der Waals surface area contributed by atoms with E-state index in [-0.39, 0.29) is 17.7 Å². The molecular weight excluding hydrogens is 276 g/mol. The fraction of sp³-hybridized carbons (Fsp3) is 0.389. The zero-order valence-electron chi connectivity index (χ0n) is 13.7. The second kappa shape index (κ2) is 6.79. The number of aromatic hydroxyl groups is 1. The highest BCUT2D eigenvalue weighted by Gasteiger charge is 2.23. The molecule has 4 heteroatoms. The Morgan fingerprint density at radius 2 is 1.77 bits per heavy atom. The summed E-state index contributed by atoms with van der Waals surface area (Å²) in [4.78, 5) is 16.4. The molecule has 0 aliphatic heterocycles. The number of anilines is 1. The molecule has 2 aromatic carbocycles. The highest BCUT2D eigenvalue weighted by atomic mass is 16.3. The van der Waals surface area contributed by atoms with Crippen molar-refractivity contribution in [2.75, 3.05) is 25.5 Å². The Balaban J connectivity index is 2.57. The third kappa shape index (κ3) is 3.22. The van der Waals surface area contributed by atoms with Gasteiger partial charge in [-0.2, -0.15) is 0 Å². The molecule has 0 aliphatic rings. The van der Waals surface area contributed by atoms with Gasteiger partial charge in [-0.1, -0.05) is 31.2 Å². The van der Waals surface area contributed by atoms with Crippen LogP contribution in [-0.4, -0.2) is 42.6 Å². The van der Waals surface area contributed by atoms with Gasteiger partial charge in [-0.25, -0.2) is 0 Å². The molecule has 22 heavy (non-hydrogen) atoms. The SMILES string of the molecule is CCC(=O)N(c1ccc(O)c2ccccc12)C(C)CN(C)C. The lowest BCUT2D eigenvalue weighted by Gasteiger charge is -2.32. The van der Waals surface area contributed by atoms with E-state index in [1.807, 2.05) is 56.3 Å². The summed E-state index contributed by atoms with van der Waals surface area (Å²) >= 11 is 0. The van der Waals surface area contributed by atoms with E-state index in [1.165, 1.54) is 0 Å². The van der Waals surface area contributed by atoms with Crippen LogP contribution >= 0.6 is 0 Å². The molecule has 0 saturated carbocycles. The van der Waals surface area contributed by atoms with Crippen molar-refractivity contribution in [3.8, 4) is 5.75 Å². The summed E-state index contributed by atoms with van der Waals surface area (Å²) in [7, 11) is 4.00. The molecule has 0 aliphatic carbocycles. The number of benzene rings is 2. The van der Waals surface area contributed by atoms with Gasteiger partial charge in [-0.3, -0.25) is 4.79 Å². The first-order valence-electron chi connectivity index (χ1n) is 7.63. The molecule has 0 spiro atoms. The predicted molar refractivity (Wildman–Crippen MR) is 91.4 cm³/mol. The number of phenolic OH excluding ortho intramolecular Hbond substituents is 1. The van der Waals surface area contributed by atoms with Gasteiger partial charge in [0, 0.05) is 29.8 Å². The van der Waals surface area contributed by atoms with E-state index in [1.54, 1.807) is 6.07 Å². The maximum absolute atomic E-state index is 12.5. The van der Waals surface area contributed by atoms with Crippen LogP contribution in [0.25, 0.3) is 10.8 Å². The van der Waals surface area contributed by atoms with Gasteiger partial charge in [-0.15, -0.1) is 0 Å². The number of fused-ring (bicyclic) bond motifs is 1. The van der Waals surface area contributed by atoms with Crippen molar-refractivity contribution < 1.29 is 9.90 Å². The molecule has 0 fully saturated rings. The minimum absolute atomic E-state index is 0.0513. The molecule has 0 bridgehead atoms. The Hall–Kier alpha value is -2.07. The standard InChI is InChI=1S/C18H24N2O2/c1-5-18(22)20(13(2)12-19(3)4)16-10-11-17(21)15-9-7-6-8-14(15)16/h6-11,13,21H,5,12H2,1-4H3. The Labute approximate surface area is 132 Å². The van der Waals surface area contributed by atoms with E-state index in [2.05, 4.69) is 11.8 Å². The molecule has 1 atom stereocenters. The maximum Gasteiger partial charge on any atom is 0.227 e. The largest absolute Gasteiger partial charge is 0.507 e. The summed E-state index contributed by atoms with van der Waals surface area (Å²) in [6.07, 6.45) is 0.451. The number of amides is 1. The zero-order chi connectivity index (χ0) is 16.3. The van der Waals surface area contributed by atoms with Gasteiger partial charge in [0.05, 0.1) is 5.69 Å². The quantitative estimate of drug-likeness (QED) is 0.922. The van der Waals surface area contributed by atoms with Crippen LogP contribution in [0, 0.1) is 0 Å². The Morgan fingerprint density at radius 1 is 1.14 bits per heavy atom. The third-order valence-corrected chi connectivity index (χ3v) is 3.78. The van der Waals surface area contributed by atoms with Gasteiger partial charge >= 0.3 is 0 Å². The average Bonchev–Trinajstić information content (AvgIpc) is 2.49. The molecule has 2 aromatic rings. The van der Waals surface area contributed by atoms with Crippen molar-refractivity contribution >= 4 is 22.4 Å². The Bertz CT molecular complexity index is 667. The highest BCUT2D eigenvalue weighted by Crippen LogP contribution is 2.34. The highest BCUT2D eigenvalue weighted by molar-refractivity contribution is 6.05. The van der Waals surface area contributed by atoms with Crippen molar-refractivity contribution in [1.82, 2.24) is 4.90 Å². The molecule has 1 amide bonds. The molecule has 0 radical (unpaired) electrons. The van der Waals surface area contributed by atoms with Crippen molar-refractivity contribution in [2.24, 2.45) is 0 Å². The van der Waals surface area contributed by atoms with E-state index in [0.717, 1.165) is 23.0 Å². The molecule has 1 unspecified atom stereocenters. The monoisotopic (exact) mass is 300 g/mol. The van der Waals surface area contributed by atoms with Crippen LogP contribution < -0.4 is 4.90 Å². The summed E-state index contributed by atoms with van der Waals surface area (Å²) in [5.74, 6) is 0.328. The van der Waals surface area contributed by atoms with Crippen molar-refractivity contribution in [1.29, 1.82) is 0 Å². The number of phenols is 1. The first kappa shape index (κ1) is 16.3. The van der Waals surface area contributed by atoms with Gasteiger partial charge in [0.1, 0.15) is 5.75 Å². The van der Waals surface area contributed by atoms with Crippen LogP contribution in [-0.2, 0) is 4.79 Å². The summed E-state index contributed by atoms with van der Waals surface area (Å²) in [5, 5.41) is 11.7. The van der Waals surface area contributed by atoms with Gasteiger partial charge < -0.3 is 14.9 Å². The van der Waals surface area contributed by atoms with Crippen LogP contribution in [0.5, 0.6) is 5.75 Å². The second-order valence-corrected chi connectivity index (χ2v) is 5.88. The number of rotatable bonds is 5. The number of carbonyl (C=O) groups excluding carboxylic acids is 1. The van der Waals surface area contributed by atoms with E-state index in [9.17, 15) is 9.90 Å². The Kier molecular flexibility index (Phi) is 5.03. The lowest BCUT2D eigenvalue weighted by Crippen LogP contribution is -2.44. The van der Waals surface area contributed by atoms with Gasteiger partial charge in [-0.05, 0) is 33.2 Å². The molecule has 2 rings (SSSR count). The van der Waals surface area contributed by atoms with Crippen LogP contribution in [0.3, 0.4) is 0 Å². The molecule has 0 aromatic heterocycles. The number of carbonyl (C=O) groups is 1. The lowest BCUT2D eigenvalue weighted by atomic mass is 10.1. The summed E-state index contributed by atoms with van der Waals surface area (Å²) < 4.78 is 0. The maximum atomic E-state index is 12.5. The smallest absolute Gasteiger partial charge is 0.227 e. The Morgan fingerprint density at radius 3 is 2.36 bits per heavy atom. The number of likely N-dealkylation sites (N-methyl/N-ethyl adjacent to an activating group) is 1. The van der Waals surface area contributed by atoms with Crippen LogP contribution in [0.2, 0.25) is 0 Å². The lowest BCUT2D eigenvalue weighted by molar-refractivity contribution is -0.118. The zero-order valence-corrected chi connectivity index (χ0v) is 13.7. The minimum Gasteiger partial charge on any atom is -0.507 e. The van der Waals surface area contributed by atoms with Gasteiger partial charge in [0.25, 0.3) is 0 Å². The predicted octanol–water partition coefficient (Wildman–Crippen LogP) is 3.24.